The van der Waals surface area contributed by atoms with Gasteiger partial charge in [-0.2, -0.15) is 5.10 Å². The average Bonchev–Trinajstić information content (AvgIpc) is 3.09. The molecule has 5 nitrogen and oxygen atoms in total. The maximum Gasteiger partial charge on any atom is 0.152 e. The highest BCUT2D eigenvalue weighted by atomic mass is 32.1. The molecule has 0 aliphatic heterocycles. The Labute approximate surface area is 127 Å². The molecule has 0 radical (unpaired) electrons. The second kappa shape index (κ2) is 4.80. The van der Waals surface area contributed by atoms with E-state index >= 15 is 0 Å². The first kappa shape index (κ1) is 12.8. The number of anilines is 1. The van der Waals surface area contributed by atoms with Crippen LogP contribution in [0, 0.1) is 19.8 Å². The third-order valence-corrected chi connectivity index (χ3v) is 4.80. The van der Waals surface area contributed by atoms with Crippen LogP contribution in [0.25, 0.3) is 5.52 Å². The van der Waals surface area contributed by atoms with E-state index in [1.165, 1.54) is 17.7 Å². The highest BCUT2D eigenvalue weighted by molar-refractivity contribution is 7.11. The third kappa shape index (κ3) is 2.40. The molecule has 1 unspecified atom stereocenters. The summed E-state index contributed by atoms with van der Waals surface area (Å²) >= 11 is 1.77. The van der Waals surface area contributed by atoms with Gasteiger partial charge in [0.05, 0.1) is 11.7 Å². The van der Waals surface area contributed by atoms with E-state index in [4.69, 9.17) is 0 Å². The maximum absolute atomic E-state index is 4.56. The lowest BCUT2D eigenvalue weighted by atomic mass is 10.2. The van der Waals surface area contributed by atoms with Crippen LogP contribution in [-0.4, -0.2) is 19.6 Å². The predicted molar refractivity (Wildman–Crippen MR) is 83.7 cm³/mol. The number of hydrogen-bond acceptors (Lipinski definition) is 5. The van der Waals surface area contributed by atoms with Crippen LogP contribution in [0.2, 0.25) is 0 Å². The molecular weight excluding hydrogens is 282 g/mol. The number of hydrogen-bond donors (Lipinski definition) is 1. The molecule has 3 aromatic heterocycles. The monoisotopic (exact) mass is 299 g/mol. The molecule has 0 amide bonds. The Kier molecular flexibility index (Phi) is 2.92. The van der Waals surface area contributed by atoms with Gasteiger partial charge >= 0.3 is 0 Å². The molecule has 6 heteroatoms. The molecular formula is C15H17N5S. The Morgan fingerprint density at radius 2 is 2.19 bits per heavy atom. The van der Waals surface area contributed by atoms with Crippen LogP contribution in [0.4, 0.5) is 5.82 Å². The van der Waals surface area contributed by atoms with Crippen molar-refractivity contribution in [3.05, 3.63) is 40.2 Å². The largest absolute Gasteiger partial charge is 0.359 e. The number of fused-ring (bicyclic) bond motifs is 1. The molecule has 0 bridgehead atoms. The molecule has 0 saturated heterocycles. The van der Waals surface area contributed by atoms with E-state index < -0.39 is 0 Å². The standard InChI is InChI=1S/C15H17N5S/c1-9-7-12-14(16-5-6-20(12)19-9)18-13(11-3-4-11)15-17-8-10(2)21-15/h5-8,11,13H,3-4H2,1-2H3,(H,16,18). The fourth-order valence-electron chi connectivity index (χ4n) is 2.63. The molecule has 1 fully saturated rings. The van der Waals surface area contributed by atoms with Gasteiger partial charge < -0.3 is 5.32 Å². The van der Waals surface area contributed by atoms with Gasteiger partial charge in [-0.3, -0.25) is 0 Å². The van der Waals surface area contributed by atoms with Crippen LogP contribution >= 0.6 is 11.3 Å². The fourth-order valence-corrected chi connectivity index (χ4v) is 3.55. The number of thiazole rings is 1. The summed E-state index contributed by atoms with van der Waals surface area (Å²) in [5, 5.41) is 9.21. The number of aryl methyl sites for hydroxylation is 2. The summed E-state index contributed by atoms with van der Waals surface area (Å²) in [7, 11) is 0. The topological polar surface area (TPSA) is 55.1 Å². The minimum absolute atomic E-state index is 0.262. The molecule has 0 spiro atoms. The number of aromatic nitrogens is 4. The van der Waals surface area contributed by atoms with Crippen molar-refractivity contribution >= 4 is 22.7 Å². The molecule has 1 aliphatic rings. The SMILES string of the molecule is Cc1cc2c(NC(c3ncc(C)s3)C3CC3)nccn2n1. The molecule has 3 heterocycles. The summed E-state index contributed by atoms with van der Waals surface area (Å²) in [6, 6.07) is 2.32. The molecule has 4 rings (SSSR count). The minimum atomic E-state index is 0.262. The second-order valence-electron chi connectivity index (χ2n) is 5.66. The van der Waals surface area contributed by atoms with E-state index in [1.54, 1.807) is 17.5 Å². The van der Waals surface area contributed by atoms with E-state index in [2.05, 4.69) is 33.4 Å². The van der Waals surface area contributed by atoms with Gasteiger partial charge in [-0.25, -0.2) is 14.5 Å². The van der Waals surface area contributed by atoms with Gasteiger partial charge in [0.2, 0.25) is 0 Å². The van der Waals surface area contributed by atoms with E-state index in [-0.39, 0.29) is 6.04 Å². The quantitative estimate of drug-likeness (QED) is 0.802. The predicted octanol–water partition coefficient (Wildman–Crippen LogP) is 3.37. The lowest BCUT2D eigenvalue weighted by molar-refractivity contribution is 0.670. The van der Waals surface area contributed by atoms with Gasteiger partial charge in [0.15, 0.2) is 5.82 Å². The molecule has 21 heavy (non-hydrogen) atoms. The van der Waals surface area contributed by atoms with Crippen LogP contribution in [0.3, 0.4) is 0 Å². The first-order chi connectivity index (χ1) is 10.2. The Morgan fingerprint density at radius 1 is 1.33 bits per heavy atom. The minimum Gasteiger partial charge on any atom is -0.359 e. The van der Waals surface area contributed by atoms with Gasteiger partial charge in [0.25, 0.3) is 0 Å². The van der Waals surface area contributed by atoms with Gasteiger partial charge in [0, 0.05) is 23.5 Å². The summed E-state index contributed by atoms with van der Waals surface area (Å²) in [6.07, 6.45) is 8.15. The van der Waals surface area contributed by atoms with Crippen molar-refractivity contribution < 1.29 is 0 Å². The van der Waals surface area contributed by atoms with Crippen molar-refractivity contribution in [2.24, 2.45) is 5.92 Å². The number of nitrogens with zero attached hydrogens (tertiary/aromatic N) is 4. The summed E-state index contributed by atoms with van der Waals surface area (Å²) in [5.74, 6) is 1.56. The molecule has 0 aromatic carbocycles. The highest BCUT2D eigenvalue weighted by Crippen LogP contribution is 2.44. The number of nitrogens with one attached hydrogen (secondary N) is 1. The zero-order valence-corrected chi connectivity index (χ0v) is 12.9. The van der Waals surface area contributed by atoms with Crippen molar-refractivity contribution in [3.63, 3.8) is 0 Å². The Morgan fingerprint density at radius 3 is 2.90 bits per heavy atom. The third-order valence-electron chi connectivity index (χ3n) is 3.80. The van der Waals surface area contributed by atoms with Crippen molar-refractivity contribution in [2.45, 2.75) is 32.7 Å². The average molecular weight is 299 g/mol. The van der Waals surface area contributed by atoms with E-state index in [0.717, 1.165) is 22.0 Å². The normalized spacial score (nSPS) is 16.3. The Bertz CT molecular complexity index is 786. The Balaban J connectivity index is 1.71. The van der Waals surface area contributed by atoms with Gasteiger partial charge in [-0.05, 0) is 38.7 Å². The van der Waals surface area contributed by atoms with Crippen molar-refractivity contribution in [2.75, 3.05) is 5.32 Å². The zero-order valence-electron chi connectivity index (χ0n) is 12.1. The van der Waals surface area contributed by atoms with Gasteiger partial charge in [-0.1, -0.05) is 0 Å². The van der Waals surface area contributed by atoms with E-state index in [1.807, 2.05) is 23.8 Å². The first-order valence-electron chi connectivity index (χ1n) is 7.20. The van der Waals surface area contributed by atoms with Crippen LogP contribution in [0.5, 0.6) is 0 Å². The van der Waals surface area contributed by atoms with Gasteiger partial charge in [0.1, 0.15) is 10.5 Å². The zero-order chi connectivity index (χ0) is 14.4. The fraction of sp³-hybridized carbons (Fsp3) is 0.400. The Hall–Kier alpha value is -1.95. The summed E-state index contributed by atoms with van der Waals surface area (Å²) in [4.78, 5) is 10.3. The molecule has 1 atom stereocenters. The van der Waals surface area contributed by atoms with Crippen LogP contribution in [0.15, 0.2) is 24.7 Å². The lowest BCUT2D eigenvalue weighted by Gasteiger charge is -2.17. The molecule has 108 valence electrons. The van der Waals surface area contributed by atoms with Crippen molar-refractivity contribution in [1.82, 2.24) is 19.6 Å². The van der Waals surface area contributed by atoms with Gasteiger partial charge in [-0.15, -0.1) is 11.3 Å². The van der Waals surface area contributed by atoms with Crippen LogP contribution in [-0.2, 0) is 0 Å². The first-order valence-corrected chi connectivity index (χ1v) is 8.02. The highest BCUT2D eigenvalue weighted by Gasteiger charge is 2.34. The summed E-state index contributed by atoms with van der Waals surface area (Å²) in [5.41, 5.74) is 2.02. The maximum atomic E-state index is 4.56. The second-order valence-corrected chi connectivity index (χ2v) is 6.93. The molecule has 1 saturated carbocycles. The summed E-state index contributed by atoms with van der Waals surface area (Å²) < 4.78 is 1.88. The van der Waals surface area contributed by atoms with Crippen LogP contribution in [0.1, 0.15) is 34.5 Å². The van der Waals surface area contributed by atoms with Crippen molar-refractivity contribution in [3.8, 4) is 0 Å². The van der Waals surface area contributed by atoms with E-state index in [9.17, 15) is 0 Å². The van der Waals surface area contributed by atoms with E-state index in [0.29, 0.717) is 5.92 Å². The molecule has 1 aliphatic carbocycles. The lowest BCUT2D eigenvalue weighted by Crippen LogP contribution is -2.14. The molecule has 1 N–H and O–H groups in total. The van der Waals surface area contributed by atoms with Crippen LogP contribution < -0.4 is 5.32 Å². The summed E-state index contributed by atoms with van der Waals surface area (Å²) in [6.45, 7) is 4.10. The van der Waals surface area contributed by atoms with Crippen molar-refractivity contribution in [1.29, 1.82) is 0 Å². The number of rotatable bonds is 4. The molecule has 3 aromatic rings. The smallest absolute Gasteiger partial charge is 0.152 e.